The van der Waals surface area contributed by atoms with Crippen molar-refractivity contribution in [1.82, 2.24) is 4.98 Å². The van der Waals surface area contributed by atoms with E-state index in [1.165, 1.54) is 6.20 Å². The SMILES string of the molecule is CC(N)c1cnc(C(=O)O)s1. The Hall–Kier alpha value is -0.940. The zero-order chi connectivity index (χ0) is 8.43. The van der Waals surface area contributed by atoms with Gasteiger partial charge in [0.2, 0.25) is 5.01 Å². The number of hydrogen-bond donors (Lipinski definition) is 2. The Bertz CT molecular complexity index is 269. The zero-order valence-electron chi connectivity index (χ0n) is 5.94. The monoisotopic (exact) mass is 172 g/mol. The Balaban J connectivity index is 2.90. The molecule has 1 unspecified atom stereocenters. The fourth-order valence-corrected chi connectivity index (χ4v) is 1.30. The van der Waals surface area contributed by atoms with Crippen molar-refractivity contribution in [3.63, 3.8) is 0 Å². The first-order valence-electron chi connectivity index (χ1n) is 3.06. The third-order valence-corrected chi connectivity index (χ3v) is 2.34. The predicted octanol–water partition coefficient (Wildman–Crippen LogP) is 0.861. The number of carbonyl (C=O) groups is 1. The third-order valence-electron chi connectivity index (χ3n) is 1.16. The predicted molar refractivity (Wildman–Crippen MR) is 41.7 cm³/mol. The van der Waals surface area contributed by atoms with Crippen molar-refractivity contribution >= 4 is 17.3 Å². The number of nitrogens with zero attached hydrogens (tertiary/aromatic N) is 1. The van der Waals surface area contributed by atoms with Crippen LogP contribution >= 0.6 is 11.3 Å². The van der Waals surface area contributed by atoms with Crippen LogP contribution in [0.2, 0.25) is 0 Å². The molecule has 0 saturated heterocycles. The fourth-order valence-electron chi connectivity index (χ4n) is 0.596. The minimum atomic E-state index is -0.998. The van der Waals surface area contributed by atoms with Gasteiger partial charge in [0.25, 0.3) is 0 Å². The van der Waals surface area contributed by atoms with E-state index in [1.54, 1.807) is 6.92 Å². The zero-order valence-corrected chi connectivity index (χ0v) is 6.76. The number of thiazole rings is 1. The Morgan fingerprint density at radius 1 is 1.91 bits per heavy atom. The van der Waals surface area contributed by atoms with E-state index in [0.29, 0.717) is 0 Å². The molecule has 0 saturated carbocycles. The molecule has 1 atom stereocenters. The highest BCUT2D eigenvalue weighted by atomic mass is 32.1. The molecule has 0 bridgehead atoms. The number of aromatic nitrogens is 1. The van der Waals surface area contributed by atoms with Crippen molar-refractivity contribution in [2.24, 2.45) is 5.73 Å². The summed E-state index contributed by atoms with van der Waals surface area (Å²) in [5, 5.41) is 8.58. The summed E-state index contributed by atoms with van der Waals surface area (Å²) < 4.78 is 0. The molecule has 0 radical (unpaired) electrons. The first kappa shape index (κ1) is 8.16. The van der Waals surface area contributed by atoms with E-state index < -0.39 is 5.97 Å². The summed E-state index contributed by atoms with van der Waals surface area (Å²) in [7, 11) is 0. The van der Waals surface area contributed by atoms with Crippen LogP contribution in [0, 0.1) is 0 Å². The van der Waals surface area contributed by atoms with E-state index in [9.17, 15) is 4.79 Å². The average Bonchev–Trinajstić information content (AvgIpc) is 2.33. The second-order valence-electron chi connectivity index (χ2n) is 2.16. The molecule has 0 fully saturated rings. The summed E-state index contributed by atoms with van der Waals surface area (Å²) in [4.78, 5) is 14.8. The lowest BCUT2D eigenvalue weighted by molar-refractivity contribution is 0.0696. The number of nitrogens with two attached hydrogens (primary N) is 1. The first-order valence-corrected chi connectivity index (χ1v) is 3.87. The van der Waals surface area contributed by atoms with Gasteiger partial charge in [-0.3, -0.25) is 0 Å². The van der Waals surface area contributed by atoms with Crippen molar-refractivity contribution < 1.29 is 9.90 Å². The van der Waals surface area contributed by atoms with E-state index in [0.717, 1.165) is 16.2 Å². The maximum Gasteiger partial charge on any atom is 0.365 e. The Morgan fingerprint density at radius 2 is 2.55 bits per heavy atom. The summed E-state index contributed by atoms with van der Waals surface area (Å²) in [6.45, 7) is 1.79. The lowest BCUT2D eigenvalue weighted by Gasteiger charge is -1.95. The highest BCUT2D eigenvalue weighted by Gasteiger charge is 2.10. The number of aromatic carboxylic acids is 1. The van der Waals surface area contributed by atoms with Gasteiger partial charge in [-0.1, -0.05) is 0 Å². The van der Waals surface area contributed by atoms with E-state index >= 15 is 0 Å². The Kier molecular flexibility index (Phi) is 2.21. The van der Waals surface area contributed by atoms with Crippen molar-refractivity contribution in [1.29, 1.82) is 0 Å². The summed E-state index contributed by atoms with van der Waals surface area (Å²) >= 11 is 1.11. The summed E-state index contributed by atoms with van der Waals surface area (Å²) in [6, 6.07) is -0.138. The van der Waals surface area contributed by atoms with Crippen LogP contribution in [0.25, 0.3) is 0 Å². The van der Waals surface area contributed by atoms with Gasteiger partial charge >= 0.3 is 5.97 Å². The molecular formula is C6H8N2O2S. The molecule has 11 heavy (non-hydrogen) atoms. The van der Waals surface area contributed by atoms with Gasteiger partial charge in [0.05, 0.1) is 0 Å². The van der Waals surface area contributed by atoms with Crippen LogP contribution < -0.4 is 5.73 Å². The van der Waals surface area contributed by atoms with Crippen LogP contribution in [0.15, 0.2) is 6.20 Å². The topological polar surface area (TPSA) is 76.2 Å². The smallest absolute Gasteiger partial charge is 0.365 e. The van der Waals surface area contributed by atoms with Gasteiger partial charge in [-0.05, 0) is 6.92 Å². The Labute approximate surface area is 67.7 Å². The summed E-state index contributed by atoms with van der Waals surface area (Å²) in [6.07, 6.45) is 1.50. The van der Waals surface area contributed by atoms with Crippen LogP contribution in [0.3, 0.4) is 0 Å². The van der Waals surface area contributed by atoms with Gasteiger partial charge in [0.15, 0.2) is 0 Å². The summed E-state index contributed by atoms with van der Waals surface area (Å²) in [5.41, 5.74) is 5.50. The molecule has 1 rings (SSSR count). The van der Waals surface area contributed by atoms with Crippen LogP contribution in [0.1, 0.15) is 27.6 Å². The van der Waals surface area contributed by atoms with Crippen molar-refractivity contribution in [2.75, 3.05) is 0 Å². The van der Waals surface area contributed by atoms with Gasteiger partial charge in [-0.2, -0.15) is 0 Å². The van der Waals surface area contributed by atoms with E-state index in [-0.39, 0.29) is 11.0 Å². The molecule has 0 amide bonds. The van der Waals surface area contributed by atoms with E-state index in [2.05, 4.69) is 4.98 Å². The van der Waals surface area contributed by atoms with Gasteiger partial charge < -0.3 is 10.8 Å². The number of carboxylic acids is 1. The van der Waals surface area contributed by atoms with Crippen LogP contribution in [-0.2, 0) is 0 Å². The molecule has 0 aliphatic carbocycles. The number of carboxylic acid groups (broad SMARTS) is 1. The van der Waals surface area contributed by atoms with Crippen molar-refractivity contribution in [2.45, 2.75) is 13.0 Å². The standard InChI is InChI=1S/C6H8N2O2S/c1-3(7)4-2-8-5(11-4)6(9)10/h2-3H,7H2,1H3,(H,9,10). The van der Waals surface area contributed by atoms with E-state index in [4.69, 9.17) is 10.8 Å². The minimum Gasteiger partial charge on any atom is -0.476 e. The highest BCUT2D eigenvalue weighted by molar-refractivity contribution is 7.13. The molecule has 1 aromatic heterocycles. The third kappa shape index (κ3) is 1.75. The Morgan fingerprint density at radius 3 is 2.82 bits per heavy atom. The second-order valence-corrected chi connectivity index (χ2v) is 3.22. The van der Waals surface area contributed by atoms with Gasteiger partial charge in [-0.25, -0.2) is 9.78 Å². The van der Waals surface area contributed by atoms with Gasteiger partial charge in [0, 0.05) is 17.1 Å². The van der Waals surface area contributed by atoms with Gasteiger partial charge in [-0.15, -0.1) is 11.3 Å². The quantitative estimate of drug-likeness (QED) is 0.693. The molecule has 4 nitrogen and oxygen atoms in total. The largest absolute Gasteiger partial charge is 0.476 e. The highest BCUT2D eigenvalue weighted by Crippen LogP contribution is 2.18. The van der Waals surface area contributed by atoms with Crippen LogP contribution in [0.4, 0.5) is 0 Å². The maximum atomic E-state index is 10.3. The lowest BCUT2D eigenvalue weighted by Crippen LogP contribution is -2.01. The fraction of sp³-hybridized carbons (Fsp3) is 0.333. The van der Waals surface area contributed by atoms with Crippen LogP contribution in [-0.4, -0.2) is 16.1 Å². The minimum absolute atomic E-state index is 0.0947. The molecule has 0 aromatic carbocycles. The summed E-state index contributed by atoms with van der Waals surface area (Å²) in [5.74, 6) is -0.998. The molecule has 0 aliphatic rings. The molecule has 60 valence electrons. The molecule has 0 spiro atoms. The molecular weight excluding hydrogens is 164 g/mol. The second kappa shape index (κ2) is 2.98. The average molecular weight is 172 g/mol. The van der Waals surface area contributed by atoms with Crippen molar-refractivity contribution in [3.8, 4) is 0 Å². The maximum absolute atomic E-state index is 10.3. The number of hydrogen-bond acceptors (Lipinski definition) is 4. The molecule has 3 N–H and O–H groups in total. The van der Waals surface area contributed by atoms with E-state index in [1.807, 2.05) is 0 Å². The first-order chi connectivity index (χ1) is 5.11. The lowest BCUT2D eigenvalue weighted by atomic mass is 10.3. The normalized spacial score (nSPS) is 12.9. The van der Waals surface area contributed by atoms with Crippen LogP contribution in [0.5, 0.6) is 0 Å². The molecule has 0 aliphatic heterocycles. The molecule has 5 heteroatoms. The van der Waals surface area contributed by atoms with Crippen molar-refractivity contribution in [3.05, 3.63) is 16.1 Å². The molecule has 1 heterocycles. The molecule has 1 aromatic rings. The van der Waals surface area contributed by atoms with Gasteiger partial charge in [0.1, 0.15) is 0 Å². The number of rotatable bonds is 2.